The first-order valence-electron chi connectivity index (χ1n) is 17.2. The second-order valence-electron chi connectivity index (χ2n) is 15.6. The van der Waals surface area contributed by atoms with Crippen LogP contribution in [0.15, 0.2) is 0 Å². The minimum Gasteiger partial charge on any atom is -0.465 e. The zero-order valence-electron chi connectivity index (χ0n) is 30.7. The number of rotatable bonds is 11. The van der Waals surface area contributed by atoms with Crippen LogP contribution in [0.25, 0.3) is 0 Å². The minimum atomic E-state index is -1.78. The van der Waals surface area contributed by atoms with Crippen LogP contribution in [-0.2, 0) is 28.4 Å². The number of aliphatic hydroxyl groups excluding tert-OH is 2. The third-order valence-electron chi connectivity index (χ3n) is 8.59. The first kappa shape index (κ1) is 42.8. The molecule has 3 amide bonds. The van der Waals surface area contributed by atoms with E-state index in [0.29, 0.717) is 19.4 Å². The van der Waals surface area contributed by atoms with Crippen molar-refractivity contribution in [1.82, 2.24) is 20.9 Å². The molecule has 1 aliphatic carbocycles. The number of carboxylic acid groups (broad SMARTS) is 1. The van der Waals surface area contributed by atoms with Crippen molar-refractivity contribution in [3.05, 3.63) is 0 Å². The lowest BCUT2D eigenvalue weighted by Gasteiger charge is -2.50. The van der Waals surface area contributed by atoms with Crippen LogP contribution in [0.1, 0.15) is 67.7 Å². The molecule has 3 fully saturated rings. The van der Waals surface area contributed by atoms with Crippen molar-refractivity contribution >= 4 is 18.3 Å². The highest BCUT2D eigenvalue weighted by Gasteiger charge is 2.55. The fourth-order valence-corrected chi connectivity index (χ4v) is 6.42. The van der Waals surface area contributed by atoms with E-state index >= 15 is 0 Å². The van der Waals surface area contributed by atoms with Gasteiger partial charge in [0.15, 0.2) is 12.6 Å². The molecule has 18 nitrogen and oxygen atoms in total. The SMILES string of the molecule is CN(C(=O)OC(C)(C)C)[C@@H]1[C@@H](O)[C@@H](O[C@@H]2[C@@H](O)[C@H](O[C@H]3O[C@H](CNCCF)CC[C@H]3N)[C@@H](NC(=O)OC(C)(C)C)C[C@H]2NC(=O)O)OC[C@]1(C)O. The van der Waals surface area contributed by atoms with Gasteiger partial charge in [0.25, 0.3) is 0 Å². The second kappa shape index (κ2) is 17.5. The van der Waals surface area contributed by atoms with Gasteiger partial charge < -0.3 is 75.4 Å². The van der Waals surface area contributed by atoms with Crippen LogP contribution < -0.4 is 21.7 Å². The second-order valence-corrected chi connectivity index (χ2v) is 15.6. The molecule has 0 aromatic carbocycles. The summed E-state index contributed by atoms with van der Waals surface area (Å²) in [6.07, 6.45) is -11.8. The molecule has 0 radical (unpaired) electrons. The summed E-state index contributed by atoms with van der Waals surface area (Å²) < 4.78 is 47.7. The minimum absolute atomic E-state index is 0.122. The van der Waals surface area contributed by atoms with Gasteiger partial charge in [-0.25, -0.2) is 18.8 Å². The summed E-state index contributed by atoms with van der Waals surface area (Å²) >= 11 is 0. The third-order valence-corrected chi connectivity index (χ3v) is 8.59. The first-order chi connectivity index (χ1) is 23.5. The highest BCUT2D eigenvalue weighted by atomic mass is 19.1. The summed E-state index contributed by atoms with van der Waals surface area (Å²) in [6.45, 7) is 10.7. The molecule has 2 aliphatic heterocycles. The molecular weight excluding hydrogens is 681 g/mol. The van der Waals surface area contributed by atoms with E-state index in [4.69, 9.17) is 34.2 Å². The summed E-state index contributed by atoms with van der Waals surface area (Å²) in [5.41, 5.74) is 2.78. The van der Waals surface area contributed by atoms with Crippen LogP contribution in [-0.4, -0.2) is 161 Å². The molecule has 19 heteroatoms. The Balaban J connectivity index is 1.93. The average molecular weight is 740 g/mol. The lowest BCUT2D eigenvalue weighted by atomic mass is 9.83. The molecule has 0 unspecified atom stereocenters. The molecule has 2 heterocycles. The van der Waals surface area contributed by atoms with E-state index in [1.165, 1.54) is 14.0 Å². The van der Waals surface area contributed by atoms with Gasteiger partial charge in [-0.3, -0.25) is 0 Å². The first-order valence-corrected chi connectivity index (χ1v) is 17.2. The number of likely N-dealkylation sites (N-methyl/N-ethyl adjacent to an activating group) is 1. The van der Waals surface area contributed by atoms with Crippen molar-refractivity contribution in [2.45, 2.75) is 152 Å². The third kappa shape index (κ3) is 12.2. The number of nitrogens with two attached hydrogens (primary N) is 1. The molecule has 0 aromatic heterocycles. The number of ether oxygens (including phenoxy) is 6. The van der Waals surface area contributed by atoms with Gasteiger partial charge in [-0.2, -0.15) is 0 Å². The zero-order valence-corrected chi connectivity index (χ0v) is 30.7. The molecule has 12 atom stereocenters. The molecule has 3 rings (SSSR count). The maximum absolute atomic E-state index is 13.0. The molecule has 1 saturated carbocycles. The molecule has 296 valence electrons. The number of alkyl halides is 1. The Bertz CT molecular complexity index is 1170. The van der Waals surface area contributed by atoms with Crippen molar-refractivity contribution in [3.63, 3.8) is 0 Å². The van der Waals surface area contributed by atoms with Crippen LogP contribution in [0.3, 0.4) is 0 Å². The van der Waals surface area contributed by atoms with E-state index in [1.54, 1.807) is 41.5 Å². The van der Waals surface area contributed by atoms with E-state index < -0.39 is 116 Å². The number of alkyl carbamates (subject to hydrolysis) is 1. The van der Waals surface area contributed by atoms with Gasteiger partial charge in [-0.05, 0) is 67.7 Å². The molecule has 0 bridgehead atoms. The number of carbonyl (C=O) groups excluding carboxylic acids is 2. The fourth-order valence-electron chi connectivity index (χ4n) is 6.42. The number of halogens is 1. The van der Waals surface area contributed by atoms with Gasteiger partial charge in [0, 0.05) is 20.1 Å². The largest absolute Gasteiger partial charge is 0.465 e. The molecule has 51 heavy (non-hydrogen) atoms. The Hall–Kier alpha value is -2.62. The number of nitrogens with one attached hydrogen (secondary N) is 3. The highest BCUT2D eigenvalue weighted by Crippen LogP contribution is 2.34. The standard InChI is InChI=1S/C32H58FN5O13/c1-30(2,3)50-28(43)37-19-13-18(36-27(41)42)22(20(39)23(19)48-25-17(34)10-9-16(47-25)14-35-12-11-33)49-26-21(40)24(32(7,45)15-46-26)38(8)29(44)51-31(4,5)6/h16-26,35-36,39-40,45H,9-15,34H2,1-8H3,(H,37,43)(H,41,42)/t16-,17+,18+,19-,20+,21+,22-,23+,24+,25+,26+,32-/m0/s1. The van der Waals surface area contributed by atoms with Gasteiger partial charge in [0.05, 0.1) is 36.9 Å². The van der Waals surface area contributed by atoms with Gasteiger partial charge in [0.2, 0.25) is 0 Å². The van der Waals surface area contributed by atoms with E-state index in [2.05, 4.69) is 16.0 Å². The topological polar surface area (TPSA) is 253 Å². The molecule has 0 spiro atoms. The number of aliphatic hydroxyl groups is 3. The van der Waals surface area contributed by atoms with E-state index in [1.807, 2.05) is 0 Å². The van der Waals surface area contributed by atoms with Crippen LogP contribution >= 0.6 is 0 Å². The van der Waals surface area contributed by atoms with Crippen molar-refractivity contribution in [2.24, 2.45) is 5.73 Å². The monoisotopic (exact) mass is 739 g/mol. The van der Waals surface area contributed by atoms with Crippen LogP contribution in [0.4, 0.5) is 18.8 Å². The Morgan fingerprint density at radius 2 is 1.55 bits per heavy atom. The fraction of sp³-hybridized carbons (Fsp3) is 0.906. The quantitative estimate of drug-likeness (QED) is 0.131. The number of carbonyl (C=O) groups is 3. The Morgan fingerprint density at radius 3 is 2.12 bits per heavy atom. The van der Waals surface area contributed by atoms with Gasteiger partial charge in [-0.15, -0.1) is 0 Å². The van der Waals surface area contributed by atoms with Crippen molar-refractivity contribution < 1.29 is 67.6 Å². The van der Waals surface area contributed by atoms with Gasteiger partial charge in [0.1, 0.15) is 47.9 Å². The lowest BCUT2D eigenvalue weighted by Crippen LogP contribution is -2.70. The Labute approximate surface area is 297 Å². The Kier molecular flexibility index (Phi) is 14.7. The molecule has 2 saturated heterocycles. The maximum Gasteiger partial charge on any atom is 0.410 e. The number of hydrogen-bond acceptors (Lipinski definition) is 14. The van der Waals surface area contributed by atoms with Gasteiger partial charge >= 0.3 is 18.3 Å². The summed E-state index contributed by atoms with van der Waals surface area (Å²) in [7, 11) is 1.33. The van der Waals surface area contributed by atoms with E-state index in [-0.39, 0.29) is 13.0 Å². The molecule has 0 aromatic rings. The number of nitrogens with zero attached hydrogens (tertiary/aromatic N) is 1. The van der Waals surface area contributed by atoms with Crippen LogP contribution in [0.2, 0.25) is 0 Å². The predicted octanol–water partition coefficient (Wildman–Crippen LogP) is 0.146. The van der Waals surface area contributed by atoms with E-state index in [0.717, 1.165) is 4.90 Å². The van der Waals surface area contributed by atoms with Crippen LogP contribution in [0.5, 0.6) is 0 Å². The number of amides is 3. The maximum atomic E-state index is 13.0. The predicted molar refractivity (Wildman–Crippen MR) is 177 cm³/mol. The normalized spacial score (nSPS) is 36.1. The molecular formula is C32H58FN5O13. The molecule has 9 N–H and O–H groups in total. The smallest absolute Gasteiger partial charge is 0.410 e. The zero-order chi connectivity index (χ0) is 38.5. The van der Waals surface area contributed by atoms with Crippen molar-refractivity contribution in [3.8, 4) is 0 Å². The van der Waals surface area contributed by atoms with Crippen molar-refractivity contribution in [2.75, 3.05) is 33.4 Å². The summed E-state index contributed by atoms with van der Waals surface area (Å²) in [4.78, 5) is 38.9. The Morgan fingerprint density at radius 1 is 0.961 bits per heavy atom. The highest BCUT2D eigenvalue weighted by molar-refractivity contribution is 5.69. The molecule has 3 aliphatic rings. The van der Waals surface area contributed by atoms with Crippen molar-refractivity contribution in [1.29, 1.82) is 0 Å². The van der Waals surface area contributed by atoms with Gasteiger partial charge in [-0.1, -0.05) is 0 Å². The summed E-state index contributed by atoms with van der Waals surface area (Å²) in [6, 6.07) is -4.31. The van der Waals surface area contributed by atoms with Crippen LogP contribution in [0, 0.1) is 0 Å². The summed E-state index contributed by atoms with van der Waals surface area (Å²) in [5.74, 6) is 0. The van der Waals surface area contributed by atoms with E-state index in [9.17, 15) is 39.2 Å². The lowest BCUT2D eigenvalue weighted by molar-refractivity contribution is -0.314. The summed E-state index contributed by atoms with van der Waals surface area (Å²) in [5, 5.41) is 52.2. The number of hydrogen-bond donors (Lipinski definition) is 8. The average Bonchev–Trinajstić information content (AvgIpc) is 2.97.